The summed E-state index contributed by atoms with van der Waals surface area (Å²) in [6.45, 7) is 4.79. The summed E-state index contributed by atoms with van der Waals surface area (Å²) in [5.74, 6) is 1.06. The van der Waals surface area contributed by atoms with Gasteiger partial charge in [0, 0.05) is 18.9 Å². The number of carbonyl (C=O) groups excluding carboxylic acids is 1. The lowest BCUT2D eigenvalue weighted by Gasteiger charge is -2.09. The summed E-state index contributed by atoms with van der Waals surface area (Å²) >= 11 is 0. The predicted molar refractivity (Wildman–Crippen MR) is 82.1 cm³/mol. The number of aromatic nitrogens is 1. The minimum atomic E-state index is -0.139. The Labute approximate surface area is 125 Å². The molecule has 1 aromatic heterocycles. The van der Waals surface area contributed by atoms with Gasteiger partial charge in [-0.3, -0.25) is 9.78 Å². The number of nitrogens with one attached hydrogen (secondary N) is 1. The maximum absolute atomic E-state index is 11.7. The largest absolute Gasteiger partial charge is 0.484 e. The van der Waals surface area contributed by atoms with Gasteiger partial charge in [0.1, 0.15) is 5.75 Å². The zero-order valence-corrected chi connectivity index (χ0v) is 12.4. The number of hydrogen-bond acceptors (Lipinski definition) is 3. The molecule has 0 fully saturated rings. The number of nitrogens with zero attached hydrogens (tertiary/aromatic N) is 1. The molecule has 0 saturated heterocycles. The molecule has 1 N–H and O–H groups in total. The van der Waals surface area contributed by atoms with Crippen molar-refractivity contribution in [2.45, 2.75) is 26.3 Å². The summed E-state index contributed by atoms with van der Waals surface area (Å²) in [7, 11) is 0. The van der Waals surface area contributed by atoms with E-state index in [2.05, 4.69) is 24.1 Å². The molecule has 0 aliphatic carbocycles. The van der Waals surface area contributed by atoms with E-state index in [1.165, 1.54) is 5.56 Å². The smallest absolute Gasteiger partial charge is 0.258 e. The molecule has 0 atom stereocenters. The van der Waals surface area contributed by atoms with Crippen LogP contribution in [0.2, 0.25) is 0 Å². The Hall–Kier alpha value is -2.36. The number of carbonyl (C=O) groups is 1. The first kappa shape index (κ1) is 15.0. The first-order valence-corrected chi connectivity index (χ1v) is 7.03. The molecule has 2 aromatic rings. The maximum Gasteiger partial charge on any atom is 0.258 e. The molecular weight excluding hydrogens is 264 g/mol. The fourth-order valence-electron chi connectivity index (χ4n) is 1.85. The zero-order chi connectivity index (χ0) is 15.1. The molecular formula is C17H20N2O2. The Morgan fingerprint density at radius 3 is 2.43 bits per heavy atom. The van der Waals surface area contributed by atoms with Crippen LogP contribution in [-0.2, 0) is 11.3 Å². The molecule has 0 spiro atoms. The van der Waals surface area contributed by atoms with Crippen LogP contribution in [-0.4, -0.2) is 17.5 Å². The highest BCUT2D eigenvalue weighted by molar-refractivity contribution is 5.77. The van der Waals surface area contributed by atoms with Crippen LogP contribution >= 0.6 is 0 Å². The van der Waals surface area contributed by atoms with E-state index in [0.29, 0.717) is 18.2 Å². The van der Waals surface area contributed by atoms with Crippen LogP contribution in [0.4, 0.5) is 0 Å². The van der Waals surface area contributed by atoms with Crippen molar-refractivity contribution in [2.75, 3.05) is 6.61 Å². The van der Waals surface area contributed by atoms with Crippen molar-refractivity contribution in [3.8, 4) is 5.75 Å². The van der Waals surface area contributed by atoms with Gasteiger partial charge in [0.15, 0.2) is 6.61 Å². The Morgan fingerprint density at radius 1 is 1.14 bits per heavy atom. The maximum atomic E-state index is 11.7. The van der Waals surface area contributed by atoms with Gasteiger partial charge in [-0.1, -0.05) is 26.0 Å². The van der Waals surface area contributed by atoms with Crippen LogP contribution in [0.25, 0.3) is 0 Å². The summed E-state index contributed by atoms with van der Waals surface area (Å²) in [5.41, 5.74) is 2.27. The van der Waals surface area contributed by atoms with Gasteiger partial charge >= 0.3 is 0 Å². The third kappa shape index (κ3) is 4.91. The predicted octanol–water partition coefficient (Wildman–Crippen LogP) is 2.90. The van der Waals surface area contributed by atoms with E-state index >= 15 is 0 Å². The lowest BCUT2D eigenvalue weighted by atomic mass is 10.0. The average molecular weight is 284 g/mol. The number of ether oxygens (including phenoxy) is 1. The second-order valence-electron chi connectivity index (χ2n) is 5.14. The van der Waals surface area contributed by atoms with Gasteiger partial charge in [0.25, 0.3) is 5.91 Å². The molecule has 4 nitrogen and oxygen atoms in total. The van der Waals surface area contributed by atoms with Crippen molar-refractivity contribution >= 4 is 5.91 Å². The van der Waals surface area contributed by atoms with Crippen LogP contribution in [0, 0.1) is 0 Å². The number of benzene rings is 1. The van der Waals surface area contributed by atoms with Crippen molar-refractivity contribution in [3.63, 3.8) is 0 Å². The third-order valence-corrected chi connectivity index (χ3v) is 3.16. The third-order valence-electron chi connectivity index (χ3n) is 3.16. The van der Waals surface area contributed by atoms with E-state index in [1.807, 2.05) is 36.4 Å². The van der Waals surface area contributed by atoms with Crippen LogP contribution in [0.5, 0.6) is 5.75 Å². The Morgan fingerprint density at radius 2 is 1.81 bits per heavy atom. The van der Waals surface area contributed by atoms with Crippen LogP contribution in [0.1, 0.15) is 30.9 Å². The van der Waals surface area contributed by atoms with Crippen molar-refractivity contribution in [2.24, 2.45) is 0 Å². The molecule has 0 aliphatic rings. The summed E-state index contributed by atoms with van der Waals surface area (Å²) < 4.78 is 5.47. The van der Waals surface area contributed by atoms with Gasteiger partial charge in [-0.15, -0.1) is 0 Å². The molecule has 110 valence electrons. The monoisotopic (exact) mass is 284 g/mol. The zero-order valence-electron chi connectivity index (χ0n) is 12.4. The molecule has 0 radical (unpaired) electrons. The molecule has 21 heavy (non-hydrogen) atoms. The number of pyridine rings is 1. The van der Waals surface area contributed by atoms with Gasteiger partial charge in [-0.2, -0.15) is 0 Å². The van der Waals surface area contributed by atoms with Gasteiger partial charge in [0.05, 0.1) is 0 Å². The lowest BCUT2D eigenvalue weighted by Crippen LogP contribution is -2.28. The second kappa shape index (κ2) is 7.43. The SMILES string of the molecule is CC(C)c1ccc(OCC(=O)NCc2ccncc2)cc1. The molecule has 4 heteroatoms. The molecule has 1 amide bonds. The van der Waals surface area contributed by atoms with Gasteiger partial charge in [-0.05, 0) is 41.3 Å². The minimum Gasteiger partial charge on any atom is -0.484 e. The van der Waals surface area contributed by atoms with E-state index in [-0.39, 0.29) is 12.5 Å². The lowest BCUT2D eigenvalue weighted by molar-refractivity contribution is -0.123. The van der Waals surface area contributed by atoms with Gasteiger partial charge < -0.3 is 10.1 Å². The van der Waals surface area contributed by atoms with Crippen LogP contribution in [0.15, 0.2) is 48.8 Å². The number of hydrogen-bond donors (Lipinski definition) is 1. The van der Waals surface area contributed by atoms with Crippen LogP contribution in [0.3, 0.4) is 0 Å². The Kier molecular flexibility index (Phi) is 5.32. The van der Waals surface area contributed by atoms with Gasteiger partial charge in [-0.25, -0.2) is 0 Å². The highest BCUT2D eigenvalue weighted by Crippen LogP contribution is 2.18. The molecule has 1 heterocycles. The summed E-state index contributed by atoms with van der Waals surface area (Å²) in [5, 5.41) is 2.81. The molecule has 1 aromatic carbocycles. The molecule has 0 aliphatic heterocycles. The Balaban J connectivity index is 1.76. The number of amides is 1. The highest BCUT2D eigenvalue weighted by Gasteiger charge is 2.04. The van der Waals surface area contributed by atoms with E-state index < -0.39 is 0 Å². The average Bonchev–Trinajstić information content (AvgIpc) is 2.52. The quantitative estimate of drug-likeness (QED) is 0.887. The van der Waals surface area contributed by atoms with Crippen molar-refractivity contribution in [1.82, 2.24) is 10.3 Å². The van der Waals surface area contributed by atoms with Gasteiger partial charge in [0.2, 0.25) is 0 Å². The Bertz CT molecular complexity index is 565. The van der Waals surface area contributed by atoms with Crippen LogP contribution < -0.4 is 10.1 Å². The second-order valence-corrected chi connectivity index (χ2v) is 5.14. The first-order valence-electron chi connectivity index (χ1n) is 7.03. The summed E-state index contributed by atoms with van der Waals surface area (Å²) in [4.78, 5) is 15.6. The molecule has 0 saturated carbocycles. The molecule has 0 unspecified atom stereocenters. The van der Waals surface area contributed by atoms with Crippen molar-refractivity contribution < 1.29 is 9.53 Å². The van der Waals surface area contributed by atoms with E-state index in [4.69, 9.17) is 4.74 Å². The summed E-state index contributed by atoms with van der Waals surface area (Å²) in [6.07, 6.45) is 3.41. The van der Waals surface area contributed by atoms with E-state index in [0.717, 1.165) is 5.56 Å². The summed E-state index contributed by atoms with van der Waals surface area (Å²) in [6, 6.07) is 11.6. The van der Waals surface area contributed by atoms with E-state index in [9.17, 15) is 4.79 Å². The molecule has 2 rings (SSSR count). The standard InChI is InChI=1S/C17H20N2O2/c1-13(2)15-3-5-16(6-4-15)21-12-17(20)19-11-14-7-9-18-10-8-14/h3-10,13H,11-12H2,1-2H3,(H,19,20). The van der Waals surface area contributed by atoms with Crippen molar-refractivity contribution in [1.29, 1.82) is 0 Å². The normalized spacial score (nSPS) is 10.4. The first-order chi connectivity index (χ1) is 10.1. The number of rotatable bonds is 6. The van der Waals surface area contributed by atoms with E-state index in [1.54, 1.807) is 12.4 Å². The fourth-order valence-corrected chi connectivity index (χ4v) is 1.85. The highest BCUT2D eigenvalue weighted by atomic mass is 16.5. The van der Waals surface area contributed by atoms with Crippen molar-refractivity contribution in [3.05, 3.63) is 59.9 Å². The topological polar surface area (TPSA) is 51.2 Å². The molecule has 0 bridgehead atoms. The fraction of sp³-hybridized carbons (Fsp3) is 0.294. The minimum absolute atomic E-state index is 0.0199.